The first-order valence-corrected chi connectivity index (χ1v) is 8.93. The van der Waals surface area contributed by atoms with E-state index in [2.05, 4.69) is 10.6 Å². The molecule has 0 aromatic carbocycles. The lowest BCUT2D eigenvalue weighted by Crippen LogP contribution is -2.58. The number of hydrogen-bond donors (Lipinski definition) is 8. The molecule has 0 bridgehead atoms. The summed E-state index contributed by atoms with van der Waals surface area (Å²) in [6.45, 7) is 2.19. The Hall–Kier alpha value is -2.28. The molecule has 0 radical (unpaired) electrons. The quantitative estimate of drug-likeness (QED) is 0.142. The Labute approximate surface area is 163 Å². The molecular weight excluding hydrogens is 374 g/mol. The number of rotatable bonds is 13. The van der Waals surface area contributed by atoms with E-state index in [-0.39, 0.29) is 0 Å². The van der Waals surface area contributed by atoms with Crippen LogP contribution in [0.5, 0.6) is 0 Å². The third kappa shape index (κ3) is 9.08. The van der Waals surface area contributed by atoms with Gasteiger partial charge in [-0.15, -0.1) is 0 Å². The van der Waals surface area contributed by atoms with Gasteiger partial charge >= 0.3 is 5.97 Å². The first kappa shape index (κ1) is 25.7. The van der Waals surface area contributed by atoms with Gasteiger partial charge in [0.15, 0.2) is 6.04 Å². The lowest BCUT2D eigenvalue weighted by Gasteiger charge is -2.23. The molecule has 0 heterocycles. The van der Waals surface area contributed by atoms with E-state index in [1.54, 1.807) is 0 Å². The summed E-state index contributed by atoms with van der Waals surface area (Å²) in [5, 5.41) is 34.2. The third-order valence-electron chi connectivity index (χ3n) is 3.92. The van der Waals surface area contributed by atoms with E-state index >= 15 is 0 Å². The minimum atomic E-state index is -1.61. The molecule has 3 amide bonds. The number of carboxylic acids is 1. The van der Waals surface area contributed by atoms with Crippen molar-refractivity contribution in [1.82, 2.24) is 16.0 Å². The maximum absolute atomic E-state index is 12.1. The molecule has 162 valence electrons. The van der Waals surface area contributed by atoms with Gasteiger partial charge in [-0.05, 0) is 33.2 Å². The minimum Gasteiger partial charge on any atom is -0.480 e. The predicted octanol–water partition coefficient (Wildman–Crippen LogP) is -3.63. The number of amides is 3. The number of unbranched alkanes of at least 4 members (excludes halogenated alkanes) is 1. The number of aliphatic hydroxyl groups excluding tert-OH is 2. The number of hydrogen-bond acceptors (Lipinski definition) is 8. The fraction of sp³-hybridized carbons (Fsp3) is 0.750. The first-order valence-electron chi connectivity index (χ1n) is 8.93. The van der Waals surface area contributed by atoms with Crippen LogP contribution < -0.4 is 27.4 Å². The lowest BCUT2D eigenvalue weighted by molar-refractivity contribution is -0.145. The van der Waals surface area contributed by atoms with Crippen molar-refractivity contribution in [2.75, 3.05) is 13.2 Å². The second-order valence-corrected chi connectivity index (χ2v) is 6.43. The van der Waals surface area contributed by atoms with Crippen molar-refractivity contribution in [3.8, 4) is 0 Å². The van der Waals surface area contributed by atoms with Gasteiger partial charge in [-0.25, -0.2) is 4.79 Å². The fourth-order valence-corrected chi connectivity index (χ4v) is 2.16. The van der Waals surface area contributed by atoms with Crippen LogP contribution >= 0.6 is 0 Å². The summed E-state index contributed by atoms with van der Waals surface area (Å²) in [5.41, 5.74) is 11.1. The van der Waals surface area contributed by atoms with Gasteiger partial charge in [0.1, 0.15) is 12.1 Å². The van der Waals surface area contributed by atoms with Crippen molar-refractivity contribution >= 4 is 23.7 Å². The normalized spacial score (nSPS) is 16.2. The van der Waals surface area contributed by atoms with Crippen molar-refractivity contribution in [2.24, 2.45) is 11.5 Å². The van der Waals surface area contributed by atoms with Gasteiger partial charge < -0.3 is 42.7 Å². The number of carboxylic acid groups (broad SMARTS) is 1. The van der Waals surface area contributed by atoms with E-state index in [0.29, 0.717) is 25.8 Å². The Morgan fingerprint density at radius 2 is 1.57 bits per heavy atom. The van der Waals surface area contributed by atoms with Gasteiger partial charge in [-0.3, -0.25) is 14.4 Å². The highest BCUT2D eigenvalue weighted by Crippen LogP contribution is 1.99. The number of carbonyl (C=O) groups is 4. The molecule has 0 saturated heterocycles. The fourth-order valence-electron chi connectivity index (χ4n) is 2.16. The Morgan fingerprint density at radius 1 is 0.964 bits per heavy atom. The number of carbonyl (C=O) groups excluding carboxylic acids is 3. The van der Waals surface area contributed by atoms with E-state index in [9.17, 15) is 29.4 Å². The molecule has 10 N–H and O–H groups in total. The van der Waals surface area contributed by atoms with Crippen molar-refractivity contribution in [2.45, 2.75) is 63.4 Å². The zero-order chi connectivity index (χ0) is 21.9. The first-order chi connectivity index (χ1) is 13.0. The summed E-state index contributed by atoms with van der Waals surface area (Å²) >= 11 is 0. The zero-order valence-electron chi connectivity index (χ0n) is 16.1. The van der Waals surface area contributed by atoms with Crippen LogP contribution in [0, 0.1) is 0 Å². The van der Waals surface area contributed by atoms with Crippen LogP contribution in [-0.4, -0.2) is 82.4 Å². The van der Waals surface area contributed by atoms with Crippen LogP contribution in [0.25, 0.3) is 0 Å². The molecule has 5 unspecified atom stereocenters. The Balaban J connectivity index is 4.71. The highest BCUT2D eigenvalue weighted by Gasteiger charge is 2.30. The monoisotopic (exact) mass is 405 g/mol. The van der Waals surface area contributed by atoms with E-state index in [4.69, 9.17) is 16.6 Å². The highest BCUT2D eigenvalue weighted by atomic mass is 16.4. The average Bonchev–Trinajstić information content (AvgIpc) is 2.62. The molecule has 0 aliphatic heterocycles. The SMILES string of the molecule is CC(NC(=O)C(N)CCCCN)C(=O)NC(CO)C(=O)NC(C(=O)O)C(C)O. The maximum Gasteiger partial charge on any atom is 0.328 e. The molecule has 28 heavy (non-hydrogen) atoms. The van der Waals surface area contributed by atoms with Crippen LogP contribution in [0.3, 0.4) is 0 Å². The lowest BCUT2D eigenvalue weighted by atomic mass is 10.1. The zero-order valence-corrected chi connectivity index (χ0v) is 16.1. The molecule has 0 aliphatic rings. The molecule has 0 aromatic rings. The molecule has 12 nitrogen and oxygen atoms in total. The highest BCUT2D eigenvalue weighted by molar-refractivity contribution is 5.94. The van der Waals surface area contributed by atoms with E-state index < -0.39 is 60.6 Å². The second kappa shape index (κ2) is 13.0. The topological polar surface area (TPSA) is 217 Å². The Morgan fingerprint density at radius 3 is 2.04 bits per heavy atom. The third-order valence-corrected chi connectivity index (χ3v) is 3.92. The van der Waals surface area contributed by atoms with E-state index in [0.717, 1.165) is 0 Å². The summed E-state index contributed by atoms with van der Waals surface area (Å²) in [5.74, 6) is -3.80. The molecule has 5 atom stereocenters. The molecule has 0 aliphatic carbocycles. The van der Waals surface area contributed by atoms with Crippen LogP contribution in [0.1, 0.15) is 33.1 Å². The van der Waals surface area contributed by atoms with E-state index in [1.807, 2.05) is 5.32 Å². The van der Waals surface area contributed by atoms with Gasteiger partial charge in [0.25, 0.3) is 0 Å². The van der Waals surface area contributed by atoms with Crippen LogP contribution in [0.4, 0.5) is 0 Å². The van der Waals surface area contributed by atoms with Crippen molar-refractivity contribution in [3.63, 3.8) is 0 Å². The van der Waals surface area contributed by atoms with Crippen LogP contribution in [-0.2, 0) is 19.2 Å². The van der Waals surface area contributed by atoms with Gasteiger partial charge in [0, 0.05) is 0 Å². The molecule has 0 spiro atoms. The number of aliphatic hydroxyl groups is 2. The average molecular weight is 405 g/mol. The van der Waals surface area contributed by atoms with Gasteiger partial charge in [0.05, 0.1) is 18.8 Å². The van der Waals surface area contributed by atoms with Gasteiger partial charge in [-0.2, -0.15) is 0 Å². The summed E-state index contributed by atoms with van der Waals surface area (Å²) in [6.07, 6.45) is 0.380. The minimum absolute atomic E-state index is 0.398. The maximum atomic E-state index is 12.1. The van der Waals surface area contributed by atoms with Crippen LogP contribution in [0.2, 0.25) is 0 Å². The number of nitrogens with one attached hydrogen (secondary N) is 3. The molecule has 12 heteroatoms. The van der Waals surface area contributed by atoms with Crippen molar-refractivity contribution < 1.29 is 34.5 Å². The standard InChI is InChI=1S/C16H31N5O7/c1-8(19-14(25)10(18)5-3-4-6-17)13(24)20-11(7-22)15(26)21-12(9(2)23)16(27)28/h8-12,22-23H,3-7,17-18H2,1-2H3,(H,19,25)(H,20,24)(H,21,26)(H,27,28). The van der Waals surface area contributed by atoms with E-state index in [1.165, 1.54) is 13.8 Å². The van der Waals surface area contributed by atoms with Gasteiger partial charge in [0.2, 0.25) is 17.7 Å². The smallest absolute Gasteiger partial charge is 0.328 e. The molecule has 0 aromatic heterocycles. The molecule has 0 saturated carbocycles. The molecule has 0 fully saturated rings. The summed E-state index contributed by atoms with van der Waals surface area (Å²) in [4.78, 5) is 47.2. The number of aliphatic carboxylic acids is 1. The summed E-state index contributed by atoms with van der Waals surface area (Å²) in [7, 11) is 0. The molecule has 0 rings (SSSR count). The molecular formula is C16H31N5O7. The summed E-state index contributed by atoms with van der Waals surface area (Å²) in [6, 6.07) is -4.95. The second-order valence-electron chi connectivity index (χ2n) is 6.43. The van der Waals surface area contributed by atoms with Crippen molar-refractivity contribution in [3.05, 3.63) is 0 Å². The van der Waals surface area contributed by atoms with Crippen molar-refractivity contribution in [1.29, 1.82) is 0 Å². The largest absolute Gasteiger partial charge is 0.480 e. The number of nitrogens with two attached hydrogens (primary N) is 2. The van der Waals surface area contributed by atoms with Crippen LogP contribution in [0.15, 0.2) is 0 Å². The Kier molecular flexibility index (Phi) is 11.9. The van der Waals surface area contributed by atoms with Gasteiger partial charge in [-0.1, -0.05) is 6.42 Å². The predicted molar refractivity (Wildman–Crippen MR) is 98.7 cm³/mol. The Bertz CT molecular complexity index is 543. The summed E-state index contributed by atoms with van der Waals surface area (Å²) < 4.78 is 0.